The number of benzene rings is 1. The van der Waals surface area contributed by atoms with Crippen molar-refractivity contribution in [2.24, 2.45) is 0 Å². The van der Waals surface area contributed by atoms with Crippen molar-refractivity contribution in [2.75, 3.05) is 30.3 Å². The number of nitrogens with two attached hydrogens (primary N) is 1. The lowest BCUT2D eigenvalue weighted by Gasteiger charge is -2.35. The van der Waals surface area contributed by atoms with Gasteiger partial charge in [0.1, 0.15) is 17.3 Å². The number of nitrogen functional groups attached to an aromatic ring is 1. The number of rotatable bonds is 4. The van der Waals surface area contributed by atoms with Gasteiger partial charge in [0.05, 0.1) is 11.1 Å². The monoisotopic (exact) mass is 505 g/mol. The zero-order chi connectivity index (χ0) is 22.9. The molecule has 0 bridgehead atoms. The van der Waals surface area contributed by atoms with Crippen LogP contribution in [-0.4, -0.2) is 35.4 Å². The minimum absolute atomic E-state index is 0.0156. The number of aromatic nitrogens is 2. The zero-order valence-electron chi connectivity index (χ0n) is 16.7. The van der Waals surface area contributed by atoms with Crippen LogP contribution in [0, 0.1) is 0 Å². The molecule has 3 aromatic rings. The van der Waals surface area contributed by atoms with Gasteiger partial charge < -0.3 is 16.0 Å². The van der Waals surface area contributed by atoms with Crippen molar-refractivity contribution >= 4 is 33.3 Å². The molecule has 0 saturated carbocycles. The molecule has 3 N–H and O–H groups in total. The molecule has 4 rings (SSSR count). The van der Waals surface area contributed by atoms with Crippen molar-refractivity contribution in [1.82, 2.24) is 15.3 Å². The molecule has 1 atom stereocenters. The number of hydrogen-bond acceptors (Lipinski definition) is 6. The minimum Gasteiger partial charge on any atom is -0.383 e. The summed E-state index contributed by atoms with van der Waals surface area (Å²) in [6, 6.07) is 13.3. The van der Waals surface area contributed by atoms with Gasteiger partial charge in [-0.25, -0.2) is 9.97 Å². The summed E-state index contributed by atoms with van der Waals surface area (Å²) < 4.78 is 41.5. The highest BCUT2D eigenvalue weighted by Gasteiger charge is 2.37. The predicted molar refractivity (Wildman–Crippen MR) is 118 cm³/mol. The topological polar surface area (TPSA) is 84.1 Å². The number of piperazine rings is 1. The highest BCUT2D eigenvalue weighted by Crippen LogP contribution is 2.34. The van der Waals surface area contributed by atoms with Crippen LogP contribution in [0.2, 0.25) is 0 Å². The van der Waals surface area contributed by atoms with Gasteiger partial charge in [0.15, 0.2) is 0 Å². The number of anilines is 2. The molecular weight excluding hydrogens is 487 g/mol. The first kappa shape index (κ1) is 22.2. The molecule has 166 valence electrons. The average Bonchev–Trinajstić information content (AvgIpc) is 2.80. The highest BCUT2D eigenvalue weighted by molar-refractivity contribution is 9.10. The summed E-state index contributed by atoms with van der Waals surface area (Å²) in [5, 5.41) is 3.40. The largest absolute Gasteiger partial charge is 0.418 e. The predicted octanol–water partition coefficient (Wildman–Crippen LogP) is 4.22. The molecule has 0 aliphatic carbocycles. The first-order valence-corrected chi connectivity index (χ1v) is 10.6. The fourth-order valence-corrected chi connectivity index (χ4v) is 3.98. The Morgan fingerprint density at radius 2 is 1.94 bits per heavy atom. The van der Waals surface area contributed by atoms with Crippen LogP contribution in [0.25, 0.3) is 0 Å². The van der Waals surface area contributed by atoms with Gasteiger partial charge in [-0.2, -0.15) is 13.2 Å². The number of nitrogens with zero attached hydrogens (tertiary/aromatic N) is 3. The van der Waals surface area contributed by atoms with Gasteiger partial charge in [0.25, 0.3) is 0 Å². The summed E-state index contributed by atoms with van der Waals surface area (Å²) in [6.07, 6.45) is -3.38. The van der Waals surface area contributed by atoms with Crippen molar-refractivity contribution < 1.29 is 18.0 Å². The third kappa shape index (κ3) is 4.61. The van der Waals surface area contributed by atoms with Crippen molar-refractivity contribution in [3.63, 3.8) is 0 Å². The highest BCUT2D eigenvalue weighted by atomic mass is 79.9. The molecule has 6 nitrogen and oxygen atoms in total. The van der Waals surface area contributed by atoms with E-state index in [0.29, 0.717) is 29.9 Å². The van der Waals surface area contributed by atoms with Gasteiger partial charge in [0.2, 0.25) is 5.78 Å². The van der Waals surface area contributed by atoms with Crippen molar-refractivity contribution in [2.45, 2.75) is 12.2 Å². The standard InChI is InChI=1S/C22H19BrF3N5O/c23-14-10-15(21(27)29-11-14)20(32)19-16(22(24,25)26)6-7-18(30-19)31-9-8-28-17(12-31)13-4-2-1-3-5-13/h1-7,10-11,17,28H,8-9,12H2,(H2,27,29). The lowest BCUT2D eigenvalue weighted by atomic mass is 10.0. The Kier molecular flexibility index (Phi) is 6.16. The van der Waals surface area contributed by atoms with Crippen molar-refractivity contribution in [1.29, 1.82) is 0 Å². The van der Waals surface area contributed by atoms with E-state index in [1.54, 1.807) is 0 Å². The van der Waals surface area contributed by atoms with E-state index >= 15 is 0 Å². The molecule has 1 saturated heterocycles. The second-order valence-electron chi connectivity index (χ2n) is 7.34. The summed E-state index contributed by atoms with van der Waals surface area (Å²) in [4.78, 5) is 23.0. The quantitative estimate of drug-likeness (QED) is 0.516. The Bertz CT molecular complexity index is 1140. The Hall–Kier alpha value is -2.98. The van der Waals surface area contributed by atoms with Crippen LogP contribution >= 0.6 is 15.9 Å². The number of carbonyl (C=O) groups is 1. The van der Waals surface area contributed by atoms with Crippen molar-refractivity contribution in [3.8, 4) is 0 Å². The summed E-state index contributed by atoms with van der Waals surface area (Å²) in [5.41, 5.74) is 4.88. The molecular formula is C22H19BrF3N5O. The lowest BCUT2D eigenvalue weighted by molar-refractivity contribution is -0.138. The molecule has 1 fully saturated rings. The Labute approximate surface area is 190 Å². The van der Waals surface area contributed by atoms with Crippen molar-refractivity contribution in [3.05, 3.63) is 81.6 Å². The maximum atomic E-state index is 13.7. The van der Waals surface area contributed by atoms with E-state index in [-0.39, 0.29) is 17.4 Å². The number of carbonyl (C=O) groups excluding carboxylic acids is 1. The van der Waals surface area contributed by atoms with Crippen LogP contribution in [0.4, 0.5) is 24.8 Å². The van der Waals surface area contributed by atoms with Gasteiger partial charge in [-0.1, -0.05) is 30.3 Å². The van der Waals surface area contributed by atoms with E-state index in [2.05, 4.69) is 31.2 Å². The van der Waals surface area contributed by atoms with E-state index < -0.39 is 23.2 Å². The van der Waals surface area contributed by atoms with E-state index in [9.17, 15) is 18.0 Å². The fourth-order valence-electron chi connectivity index (χ4n) is 3.65. The van der Waals surface area contributed by atoms with Crippen LogP contribution < -0.4 is 16.0 Å². The third-order valence-electron chi connectivity index (χ3n) is 5.23. The lowest BCUT2D eigenvalue weighted by Crippen LogP contribution is -2.46. The number of ketones is 1. The fraction of sp³-hybridized carbons (Fsp3) is 0.227. The molecule has 2 aromatic heterocycles. The average molecular weight is 506 g/mol. The van der Waals surface area contributed by atoms with E-state index in [1.807, 2.05) is 35.2 Å². The van der Waals surface area contributed by atoms with Crippen LogP contribution in [0.15, 0.2) is 59.2 Å². The normalized spacial score (nSPS) is 16.8. The summed E-state index contributed by atoms with van der Waals surface area (Å²) >= 11 is 3.17. The van der Waals surface area contributed by atoms with E-state index in [0.717, 1.165) is 11.6 Å². The molecule has 1 unspecified atom stereocenters. The van der Waals surface area contributed by atoms with Gasteiger partial charge in [-0.3, -0.25) is 4.79 Å². The molecule has 0 spiro atoms. The molecule has 1 aliphatic rings. The maximum Gasteiger partial charge on any atom is 0.418 e. The maximum absolute atomic E-state index is 13.7. The number of alkyl halides is 3. The molecule has 0 amide bonds. The Morgan fingerprint density at radius 1 is 1.19 bits per heavy atom. The molecule has 0 radical (unpaired) electrons. The number of pyridine rings is 2. The second-order valence-corrected chi connectivity index (χ2v) is 8.26. The SMILES string of the molecule is Nc1ncc(Br)cc1C(=O)c1nc(N2CCNC(c3ccccc3)C2)ccc1C(F)(F)F. The zero-order valence-corrected chi connectivity index (χ0v) is 18.3. The number of hydrogen-bond donors (Lipinski definition) is 2. The van der Waals surface area contributed by atoms with Gasteiger partial charge >= 0.3 is 6.18 Å². The van der Waals surface area contributed by atoms with Crippen LogP contribution in [-0.2, 0) is 6.18 Å². The molecule has 1 aromatic carbocycles. The summed E-state index contributed by atoms with van der Waals surface area (Å²) in [5.74, 6) is -0.796. The van der Waals surface area contributed by atoms with Gasteiger partial charge in [0, 0.05) is 36.3 Å². The van der Waals surface area contributed by atoms with Crippen LogP contribution in [0.1, 0.15) is 33.2 Å². The third-order valence-corrected chi connectivity index (χ3v) is 5.67. The number of halogens is 4. The molecule has 32 heavy (non-hydrogen) atoms. The Balaban J connectivity index is 1.72. The second kappa shape index (κ2) is 8.87. The van der Waals surface area contributed by atoms with E-state index in [4.69, 9.17) is 5.73 Å². The smallest absolute Gasteiger partial charge is 0.383 e. The molecule has 10 heteroatoms. The minimum atomic E-state index is -4.75. The van der Waals surface area contributed by atoms with Gasteiger partial charge in [-0.05, 0) is 39.7 Å². The van der Waals surface area contributed by atoms with Crippen LogP contribution in [0.5, 0.6) is 0 Å². The van der Waals surface area contributed by atoms with Crippen LogP contribution in [0.3, 0.4) is 0 Å². The number of nitrogens with one attached hydrogen (secondary N) is 1. The van der Waals surface area contributed by atoms with E-state index in [1.165, 1.54) is 18.3 Å². The Morgan fingerprint density at radius 3 is 2.66 bits per heavy atom. The summed E-state index contributed by atoms with van der Waals surface area (Å²) in [7, 11) is 0. The molecule has 1 aliphatic heterocycles. The first-order chi connectivity index (χ1) is 15.2. The first-order valence-electron chi connectivity index (χ1n) is 9.81. The molecule has 3 heterocycles. The van der Waals surface area contributed by atoms with Gasteiger partial charge in [-0.15, -0.1) is 0 Å². The summed E-state index contributed by atoms with van der Waals surface area (Å²) in [6.45, 7) is 1.65.